The average molecular weight is 489 g/mol. The molecule has 3 aliphatic heterocycles. The molecule has 1 saturated heterocycles. The van der Waals surface area contributed by atoms with Crippen molar-refractivity contribution in [2.45, 2.75) is 4.90 Å². The van der Waals surface area contributed by atoms with Crippen LogP contribution in [0.3, 0.4) is 0 Å². The molecule has 0 spiro atoms. The number of piperazine rings is 1. The number of fused-ring (bicyclic) bond motifs is 1. The summed E-state index contributed by atoms with van der Waals surface area (Å²) in [6, 6.07) is 3.19. The lowest BCUT2D eigenvalue weighted by atomic mass is 10.1. The fourth-order valence-corrected chi connectivity index (χ4v) is 6.15. The van der Waals surface area contributed by atoms with E-state index in [0.29, 0.717) is 0 Å². The van der Waals surface area contributed by atoms with Crippen LogP contribution in [-0.2, 0) is 24.8 Å². The molecule has 3 heterocycles. The zero-order valence-electron chi connectivity index (χ0n) is 16.1. The van der Waals surface area contributed by atoms with Crippen molar-refractivity contribution in [3.8, 4) is 0 Å². The van der Waals surface area contributed by atoms with E-state index in [1.54, 1.807) is 17.2 Å². The average Bonchev–Trinajstić information content (AvgIpc) is 2.74. The van der Waals surface area contributed by atoms with Crippen LogP contribution in [0.4, 0.5) is 4.39 Å². The van der Waals surface area contributed by atoms with Gasteiger partial charge in [-0.3, -0.25) is 4.79 Å². The minimum Gasteiger partial charge on any atom is -0.336 e. The van der Waals surface area contributed by atoms with E-state index in [1.165, 1.54) is 15.3 Å². The van der Waals surface area contributed by atoms with Crippen LogP contribution in [0.25, 0.3) is 0 Å². The molecule has 9 nitrogen and oxygen atoms in total. The Bertz CT molecular complexity index is 1240. The molecule has 31 heavy (non-hydrogen) atoms. The first-order valence-electron chi connectivity index (χ1n) is 9.31. The third kappa shape index (κ3) is 4.25. The van der Waals surface area contributed by atoms with E-state index < -0.39 is 31.8 Å². The predicted octanol–water partition coefficient (Wildman–Crippen LogP) is 0.810. The number of halogens is 2. The highest BCUT2D eigenvalue weighted by molar-refractivity contribution is 7.90. The van der Waals surface area contributed by atoms with Gasteiger partial charge in [0.2, 0.25) is 10.0 Å². The summed E-state index contributed by atoms with van der Waals surface area (Å²) in [5, 5.41) is -0.292. The van der Waals surface area contributed by atoms with Crippen LogP contribution in [0, 0.1) is 5.82 Å². The van der Waals surface area contributed by atoms with Crippen LogP contribution in [0.5, 0.6) is 0 Å². The second kappa shape index (κ2) is 8.01. The Kier molecular flexibility index (Phi) is 5.66. The van der Waals surface area contributed by atoms with Gasteiger partial charge in [-0.2, -0.15) is 4.31 Å². The number of hydrogen-bond donors (Lipinski definition) is 0. The SMILES string of the molecule is O=C(C1=CC=CN2CCS(=O)(=O)N=C12)N1CCN(S(=O)(=O)c2ccc(F)c(Cl)c2)CC1. The molecule has 13 heteroatoms. The van der Waals surface area contributed by atoms with Gasteiger partial charge in [-0.05, 0) is 30.4 Å². The molecule has 0 bridgehead atoms. The Morgan fingerprint density at radius 3 is 2.52 bits per heavy atom. The van der Waals surface area contributed by atoms with E-state index in [9.17, 15) is 26.0 Å². The van der Waals surface area contributed by atoms with E-state index in [-0.39, 0.29) is 59.8 Å². The second-order valence-electron chi connectivity index (χ2n) is 7.09. The van der Waals surface area contributed by atoms with Gasteiger partial charge in [0, 0.05) is 38.9 Å². The number of nitrogens with zero attached hydrogens (tertiary/aromatic N) is 4. The van der Waals surface area contributed by atoms with Crippen molar-refractivity contribution in [3.63, 3.8) is 0 Å². The van der Waals surface area contributed by atoms with Gasteiger partial charge in [0.25, 0.3) is 15.9 Å². The molecule has 0 atom stereocenters. The van der Waals surface area contributed by atoms with Gasteiger partial charge in [0.1, 0.15) is 5.82 Å². The Morgan fingerprint density at radius 1 is 1.13 bits per heavy atom. The molecular weight excluding hydrogens is 471 g/mol. The number of benzene rings is 1. The second-order valence-corrected chi connectivity index (χ2v) is 11.2. The third-order valence-corrected chi connectivity index (χ3v) is 8.48. The lowest BCUT2D eigenvalue weighted by Crippen LogP contribution is -2.52. The number of allylic oxidation sites excluding steroid dienone is 2. The molecule has 1 fully saturated rings. The van der Waals surface area contributed by atoms with Crippen molar-refractivity contribution < 1.29 is 26.0 Å². The fourth-order valence-electron chi connectivity index (χ4n) is 3.47. The summed E-state index contributed by atoms with van der Waals surface area (Å²) >= 11 is 5.70. The topological polar surface area (TPSA) is 107 Å². The van der Waals surface area contributed by atoms with Gasteiger partial charge in [-0.25, -0.2) is 21.2 Å². The molecule has 0 radical (unpaired) electrons. The Balaban J connectivity index is 1.49. The number of sulfonamides is 2. The maximum absolute atomic E-state index is 13.4. The quantitative estimate of drug-likeness (QED) is 0.623. The Labute approximate surface area is 184 Å². The summed E-state index contributed by atoms with van der Waals surface area (Å²) < 4.78 is 67.7. The van der Waals surface area contributed by atoms with Crippen molar-refractivity contribution in [3.05, 3.63) is 53.0 Å². The van der Waals surface area contributed by atoms with Crippen molar-refractivity contribution in [1.82, 2.24) is 14.1 Å². The van der Waals surface area contributed by atoms with E-state index in [0.717, 1.165) is 18.2 Å². The van der Waals surface area contributed by atoms with E-state index in [1.807, 2.05) is 0 Å². The smallest absolute Gasteiger partial charge is 0.257 e. The molecule has 1 aromatic rings. The van der Waals surface area contributed by atoms with Gasteiger partial charge in [-0.1, -0.05) is 11.6 Å². The van der Waals surface area contributed by atoms with Gasteiger partial charge in [0.15, 0.2) is 5.84 Å². The molecule has 166 valence electrons. The lowest BCUT2D eigenvalue weighted by Gasteiger charge is -2.36. The molecule has 1 aromatic carbocycles. The maximum atomic E-state index is 13.4. The van der Waals surface area contributed by atoms with Gasteiger partial charge < -0.3 is 9.80 Å². The highest BCUT2D eigenvalue weighted by Gasteiger charge is 2.35. The van der Waals surface area contributed by atoms with Gasteiger partial charge in [0.05, 0.1) is 21.2 Å². The van der Waals surface area contributed by atoms with Crippen LogP contribution in [-0.4, -0.2) is 81.2 Å². The molecule has 0 N–H and O–H groups in total. The van der Waals surface area contributed by atoms with Gasteiger partial charge in [-0.15, -0.1) is 4.40 Å². The molecule has 0 aliphatic carbocycles. The first-order chi connectivity index (χ1) is 14.6. The number of amidine groups is 1. The fraction of sp³-hybridized carbons (Fsp3) is 0.333. The summed E-state index contributed by atoms with van der Waals surface area (Å²) in [6.45, 7) is 0.470. The van der Waals surface area contributed by atoms with Crippen LogP contribution < -0.4 is 0 Å². The highest BCUT2D eigenvalue weighted by Crippen LogP contribution is 2.24. The van der Waals surface area contributed by atoms with Crippen molar-refractivity contribution in [2.24, 2.45) is 4.40 Å². The summed E-state index contributed by atoms with van der Waals surface area (Å²) in [7, 11) is -7.54. The zero-order chi connectivity index (χ0) is 22.4. The van der Waals surface area contributed by atoms with Crippen molar-refractivity contribution in [1.29, 1.82) is 0 Å². The predicted molar refractivity (Wildman–Crippen MR) is 112 cm³/mol. The summed E-state index contributed by atoms with van der Waals surface area (Å²) in [6.07, 6.45) is 4.80. The van der Waals surface area contributed by atoms with Crippen molar-refractivity contribution >= 4 is 43.4 Å². The normalized spacial score (nSPS) is 21.4. The summed E-state index contributed by atoms with van der Waals surface area (Å²) in [5.74, 6) is -1.19. The minimum atomic E-state index is -3.90. The summed E-state index contributed by atoms with van der Waals surface area (Å²) in [5.41, 5.74) is 0.146. The number of carbonyl (C=O) groups is 1. The molecule has 0 unspecified atom stereocenters. The van der Waals surface area contributed by atoms with Crippen LogP contribution >= 0.6 is 11.6 Å². The number of hydrogen-bond acceptors (Lipinski definition) is 6. The van der Waals surface area contributed by atoms with Crippen molar-refractivity contribution in [2.75, 3.05) is 38.5 Å². The highest BCUT2D eigenvalue weighted by atomic mass is 35.5. The zero-order valence-corrected chi connectivity index (χ0v) is 18.5. The standard InChI is InChI=1S/C18H18ClFN4O5S2/c19-15-12-13(3-4-16(15)20)31(28,29)24-8-6-23(7-9-24)18(25)14-2-1-5-22-10-11-30(26,27)21-17(14)22/h1-5,12H,6-11H2. The first kappa shape index (κ1) is 21.9. The molecule has 0 aromatic heterocycles. The molecule has 4 rings (SSSR count). The van der Waals surface area contributed by atoms with Gasteiger partial charge >= 0.3 is 0 Å². The molecule has 3 aliphatic rings. The Morgan fingerprint density at radius 2 is 1.84 bits per heavy atom. The maximum Gasteiger partial charge on any atom is 0.257 e. The molecule has 1 amide bonds. The minimum absolute atomic E-state index is 0.0284. The lowest BCUT2D eigenvalue weighted by molar-refractivity contribution is -0.127. The Hall–Kier alpha value is -2.28. The largest absolute Gasteiger partial charge is 0.336 e. The molecular formula is C18H18ClFN4O5S2. The van der Waals surface area contributed by atoms with Crippen LogP contribution in [0.2, 0.25) is 5.02 Å². The molecule has 0 saturated carbocycles. The monoisotopic (exact) mass is 488 g/mol. The van der Waals surface area contributed by atoms with E-state index >= 15 is 0 Å². The number of carbonyl (C=O) groups excluding carboxylic acids is 1. The summed E-state index contributed by atoms with van der Waals surface area (Å²) in [4.78, 5) is 16.0. The van der Waals surface area contributed by atoms with E-state index in [2.05, 4.69) is 4.40 Å². The van der Waals surface area contributed by atoms with E-state index in [4.69, 9.17) is 11.6 Å². The van der Waals surface area contributed by atoms with Crippen LogP contribution in [0.1, 0.15) is 0 Å². The number of rotatable bonds is 3. The number of amides is 1. The third-order valence-electron chi connectivity index (χ3n) is 5.14. The van der Waals surface area contributed by atoms with Crippen LogP contribution in [0.15, 0.2) is 51.4 Å². The first-order valence-corrected chi connectivity index (χ1v) is 12.7.